The van der Waals surface area contributed by atoms with Crippen LogP contribution in [0.15, 0.2) is 96.2 Å². The van der Waals surface area contributed by atoms with Gasteiger partial charge in [0, 0.05) is 62.4 Å². The maximum absolute atomic E-state index is 14.4. The zero-order chi connectivity index (χ0) is 47.6. The summed E-state index contributed by atoms with van der Waals surface area (Å²) in [6, 6.07) is 15.3. The fraction of sp³-hybridized carbons (Fsp3) is 0.460. The van der Waals surface area contributed by atoms with Crippen LogP contribution in [0, 0.1) is 27.9 Å². The number of nitro benzene ring substituents is 1. The van der Waals surface area contributed by atoms with E-state index in [-0.39, 0.29) is 61.3 Å². The van der Waals surface area contributed by atoms with E-state index in [0.29, 0.717) is 59.9 Å². The summed E-state index contributed by atoms with van der Waals surface area (Å²) in [5, 5.41) is 38.7. The Bertz CT molecular complexity index is 2300. The summed E-state index contributed by atoms with van der Waals surface area (Å²) in [6.45, 7) is 9.84. The second-order valence-corrected chi connectivity index (χ2v) is 17.7. The van der Waals surface area contributed by atoms with Crippen LogP contribution in [0.3, 0.4) is 0 Å². The fourth-order valence-electron chi connectivity index (χ4n) is 9.27. The molecule has 1 aliphatic heterocycles. The molecule has 3 N–H and O–H groups in total. The van der Waals surface area contributed by atoms with E-state index >= 15 is 0 Å². The number of hydrogen-bond donors (Lipinski definition) is 3. The van der Waals surface area contributed by atoms with Crippen molar-refractivity contribution in [1.29, 1.82) is 0 Å². The Morgan fingerprint density at radius 1 is 1.00 bits per heavy atom. The number of amides is 2. The molecule has 2 aliphatic carbocycles. The summed E-state index contributed by atoms with van der Waals surface area (Å²) < 4.78 is 30.9. The summed E-state index contributed by atoms with van der Waals surface area (Å²) >= 11 is 0. The number of methoxy groups -OCH3 is 2. The molecule has 16 nitrogen and oxygen atoms in total. The van der Waals surface area contributed by atoms with Crippen LogP contribution in [-0.4, -0.2) is 96.3 Å². The van der Waals surface area contributed by atoms with E-state index in [0.717, 1.165) is 24.0 Å². The molecule has 1 heterocycles. The van der Waals surface area contributed by atoms with E-state index in [4.69, 9.17) is 33.7 Å². The zero-order valence-electron chi connectivity index (χ0n) is 38.6. The maximum atomic E-state index is 14.4. The molecular formula is C50H62N4O12. The van der Waals surface area contributed by atoms with Gasteiger partial charge >= 0.3 is 6.09 Å². The Kier molecular flexibility index (Phi) is 16.3. The van der Waals surface area contributed by atoms with Crippen molar-refractivity contribution in [2.75, 3.05) is 46.4 Å². The number of benzene rings is 3. The first-order valence-electron chi connectivity index (χ1n) is 22.3. The molecule has 16 heteroatoms. The minimum absolute atomic E-state index is 0.0228. The number of unbranched alkanes of at least 4 members (excludes halogenated alkanes) is 2. The van der Waals surface area contributed by atoms with Gasteiger partial charge in [0.05, 0.1) is 43.1 Å². The summed E-state index contributed by atoms with van der Waals surface area (Å²) in [4.78, 5) is 46.5. The molecule has 3 aromatic rings. The summed E-state index contributed by atoms with van der Waals surface area (Å²) in [7, 11) is 4.71. The number of nitrogens with one attached hydrogen (secondary N) is 1. The number of nitro groups is 1. The number of oxime groups is 1. The molecule has 2 amide bonds. The van der Waals surface area contributed by atoms with Gasteiger partial charge in [-0.2, -0.15) is 0 Å². The number of nitrogens with zero attached hydrogens (tertiary/aromatic N) is 3. The number of likely N-dealkylation sites (N-methyl/N-ethyl adjacent to an activating group) is 1. The van der Waals surface area contributed by atoms with Gasteiger partial charge in [0.15, 0.2) is 0 Å². The Morgan fingerprint density at radius 2 is 1.71 bits per heavy atom. The fourth-order valence-corrected chi connectivity index (χ4v) is 9.27. The van der Waals surface area contributed by atoms with Crippen molar-refractivity contribution < 1.29 is 53.2 Å². The Hall–Kier alpha value is -6.23. The number of carbonyl (C=O) groups excluding carboxylic acids is 2. The molecule has 1 saturated carbocycles. The minimum Gasteiger partial charge on any atom is -0.497 e. The number of fused-ring (bicyclic) bond motifs is 2. The lowest BCUT2D eigenvalue weighted by atomic mass is 9.55. The molecule has 3 aromatic carbocycles. The van der Waals surface area contributed by atoms with Crippen molar-refractivity contribution in [3.8, 4) is 23.0 Å². The van der Waals surface area contributed by atoms with Gasteiger partial charge in [0.1, 0.15) is 34.6 Å². The second-order valence-electron chi connectivity index (χ2n) is 17.7. The summed E-state index contributed by atoms with van der Waals surface area (Å²) in [5.41, 5.74) is 2.48. The number of non-ortho nitro benzene ring substituents is 1. The van der Waals surface area contributed by atoms with Crippen LogP contribution in [0.5, 0.6) is 23.0 Å². The molecular weight excluding hydrogens is 849 g/mol. The monoisotopic (exact) mass is 910 g/mol. The normalized spacial score (nSPS) is 22.6. The number of anilines is 1. The van der Waals surface area contributed by atoms with Crippen LogP contribution in [0.25, 0.3) is 6.08 Å². The van der Waals surface area contributed by atoms with Crippen LogP contribution < -0.4 is 24.3 Å². The van der Waals surface area contributed by atoms with Crippen molar-refractivity contribution in [3.05, 3.63) is 112 Å². The Morgan fingerprint density at radius 3 is 2.36 bits per heavy atom. The largest absolute Gasteiger partial charge is 0.497 e. The zero-order valence-corrected chi connectivity index (χ0v) is 38.6. The molecule has 1 fully saturated rings. The first-order chi connectivity index (χ1) is 31.7. The van der Waals surface area contributed by atoms with Crippen LogP contribution >= 0.6 is 0 Å². The smallest absolute Gasteiger partial charge is 0.417 e. The van der Waals surface area contributed by atoms with Crippen LogP contribution in [-0.2, 0) is 14.4 Å². The molecule has 6 atom stereocenters. The SMILES string of the molecule is C=CCOC12Oc3ccc(OC(=O)Nc4ccc(OC)cc4OC)cc3C3C(CCCCO)C(CCCCO)C=C(C(=NOC(C)(C)C)CC1N(C)C(=O)C=Cc1ccc([N+](=O)[O-])cc1)C32. The molecule has 0 radical (unpaired) electrons. The van der Waals surface area contributed by atoms with Crippen molar-refractivity contribution in [1.82, 2.24) is 4.90 Å². The maximum Gasteiger partial charge on any atom is 0.417 e. The van der Waals surface area contributed by atoms with Crippen LogP contribution in [0.1, 0.15) is 82.8 Å². The third-order valence-corrected chi connectivity index (χ3v) is 12.3. The van der Waals surface area contributed by atoms with Gasteiger partial charge in [0.2, 0.25) is 11.7 Å². The van der Waals surface area contributed by atoms with Crippen molar-refractivity contribution >= 4 is 35.2 Å². The summed E-state index contributed by atoms with van der Waals surface area (Å²) in [5.74, 6) is -1.29. The van der Waals surface area contributed by atoms with Crippen molar-refractivity contribution in [2.24, 2.45) is 22.9 Å². The number of carbonyl (C=O) groups is 2. The molecule has 66 heavy (non-hydrogen) atoms. The van der Waals surface area contributed by atoms with Crippen LogP contribution in [0.4, 0.5) is 16.2 Å². The van der Waals surface area contributed by atoms with E-state index in [1.54, 1.807) is 66.6 Å². The molecule has 6 rings (SSSR count). The van der Waals surface area contributed by atoms with Crippen molar-refractivity contribution in [3.63, 3.8) is 0 Å². The third kappa shape index (κ3) is 11.2. The van der Waals surface area contributed by atoms with Gasteiger partial charge in [-0.3, -0.25) is 20.2 Å². The average Bonchev–Trinajstić information content (AvgIpc) is 3.30. The highest BCUT2D eigenvalue weighted by atomic mass is 16.7. The molecule has 6 unspecified atom stereocenters. The van der Waals surface area contributed by atoms with E-state index in [1.807, 2.05) is 26.8 Å². The lowest BCUT2D eigenvalue weighted by Gasteiger charge is -2.59. The molecule has 3 aliphatic rings. The number of allylic oxidation sites excluding steroid dienone is 1. The standard InChI is InChI=1S/C50H62N4O12/c1-8-27-63-50-44(53(5)45(57)24-17-32-15-18-34(19-16-32)54(59)60)31-41(52-66-49(2,3)4)38-28-33(13-9-11-25-55)37(14-10-12-26-56)46(47(38)50)39-29-36(21-23-42(39)65-50)64-48(58)51-40-22-20-35(61-6)30-43(40)62-7/h8,15-24,28-30,33,37,44,46-47,55-56H,1,9-14,25-27,31H2,2-7H3,(H,51,58). The summed E-state index contributed by atoms with van der Waals surface area (Å²) in [6.07, 6.45) is 10.4. The molecule has 0 aromatic heterocycles. The van der Waals surface area contributed by atoms with E-state index < -0.39 is 34.4 Å². The molecule has 0 spiro atoms. The minimum atomic E-state index is -1.51. The lowest BCUT2D eigenvalue weighted by molar-refractivity contribution is -0.384. The number of rotatable bonds is 20. The van der Waals surface area contributed by atoms with E-state index in [2.05, 4.69) is 18.0 Å². The molecule has 0 saturated heterocycles. The van der Waals surface area contributed by atoms with Gasteiger partial charge < -0.3 is 43.6 Å². The highest BCUT2D eigenvalue weighted by molar-refractivity contribution is 6.03. The van der Waals surface area contributed by atoms with Gasteiger partial charge in [0.25, 0.3) is 5.69 Å². The lowest BCUT2D eigenvalue weighted by Crippen LogP contribution is -2.69. The van der Waals surface area contributed by atoms with Crippen LogP contribution in [0.2, 0.25) is 0 Å². The number of ether oxygens (including phenoxy) is 5. The van der Waals surface area contributed by atoms with Crippen molar-refractivity contribution in [2.45, 2.75) is 89.1 Å². The Labute approximate surface area is 386 Å². The van der Waals surface area contributed by atoms with Gasteiger partial charge in [-0.05, 0) is 118 Å². The predicted octanol–water partition coefficient (Wildman–Crippen LogP) is 8.83. The first kappa shape index (κ1) is 49.2. The topological polar surface area (TPSA) is 201 Å². The van der Waals surface area contributed by atoms with E-state index in [9.17, 15) is 29.9 Å². The second kappa shape index (κ2) is 21.8. The van der Waals surface area contributed by atoms with E-state index in [1.165, 1.54) is 32.4 Å². The molecule has 354 valence electrons. The average molecular weight is 911 g/mol. The first-order valence-corrected chi connectivity index (χ1v) is 22.3. The molecule has 0 bridgehead atoms. The van der Waals surface area contributed by atoms with Gasteiger partial charge in [-0.15, -0.1) is 6.58 Å². The highest BCUT2D eigenvalue weighted by Crippen LogP contribution is 2.62. The highest BCUT2D eigenvalue weighted by Gasteiger charge is 2.65. The third-order valence-electron chi connectivity index (χ3n) is 12.3. The number of aliphatic hydroxyl groups is 2. The quantitative estimate of drug-likeness (QED) is 0.0320. The number of hydrogen-bond acceptors (Lipinski definition) is 13. The predicted molar refractivity (Wildman–Crippen MR) is 250 cm³/mol. The van der Waals surface area contributed by atoms with Gasteiger partial charge in [-0.25, -0.2) is 4.79 Å². The number of aliphatic hydroxyl groups excluding tert-OH is 2. The van der Waals surface area contributed by atoms with Gasteiger partial charge in [-0.1, -0.05) is 30.1 Å². The Balaban J connectivity index is 1.50.